The Morgan fingerprint density at radius 3 is 2.64 bits per heavy atom. The van der Waals surface area contributed by atoms with Gasteiger partial charge in [-0.1, -0.05) is 12.1 Å². The van der Waals surface area contributed by atoms with Crippen molar-refractivity contribution in [3.63, 3.8) is 0 Å². The Kier molecular flexibility index (Phi) is 4.51. The topological polar surface area (TPSA) is 55.1 Å². The number of ether oxygens (including phenoxy) is 2. The van der Waals surface area contributed by atoms with Gasteiger partial charge in [-0.15, -0.1) is 13.2 Å². The van der Waals surface area contributed by atoms with E-state index in [4.69, 9.17) is 10.00 Å². The molecule has 0 amide bonds. The van der Waals surface area contributed by atoms with Crippen LogP contribution in [0.25, 0.3) is 11.3 Å². The highest BCUT2D eigenvalue weighted by Crippen LogP contribution is 2.32. The second kappa shape index (κ2) is 6.35. The first-order valence-corrected chi connectivity index (χ1v) is 6.20. The van der Waals surface area contributed by atoms with Crippen LogP contribution >= 0.6 is 0 Å². The number of alkyl halides is 3. The molecule has 0 saturated heterocycles. The van der Waals surface area contributed by atoms with E-state index < -0.39 is 6.36 Å². The predicted octanol–water partition coefficient (Wildman–Crippen LogP) is 3.72. The summed E-state index contributed by atoms with van der Waals surface area (Å²) in [5, 5.41) is 8.71. The maximum absolute atomic E-state index is 12.3. The molecular formula is C15H11F3N2O2. The number of hydrogen-bond acceptors (Lipinski definition) is 4. The third-order valence-corrected chi connectivity index (χ3v) is 2.74. The molecule has 0 aliphatic carbocycles. The number of nitrogens with zero attached hydrogens (tertiary/aromatic N) is 2. The lowest BCUT2D eigenvalue weighted by molar-refractivity contribution is -0.274. The van der Waals surface area contributed by atoms with Crippen LogP contribution in [0.4, 0.5) is 13.2 Å². The Labute approximate surface area is 124 Å². The molecule has 0 atom stereocenters. The van der Waals surface area contributed by atoms with Crippen LogP contribution in [0.15, 0.2) is 36.4 Å². The van der Waals surface area contributed by atoms with E-state index in [0.29, 0.717) is 22.7 Å². The molecular weight excluding hydrogens is 297 g/mol. The summed E-state index contributed by atoms with van der Waals surface area (Å²) in [6, 6.07) is 10.6. The average molecular weight is 308 g/mol. The van der Waals surface area contributed by atoms with E-state index in [1.165, 1.54) is 25.3 Å². The highest BCUT2D eigenvalue weighted by Gasteiger charge is 2.31. The molecule has 0 bridgehead atoms. The lowest BCUT2D eigenvalue weighted by Crippen LogP contribution is -2.17. The molecule has 0 aliphatic rings. The van der Waals surface area contributed by atoms with Crippen LogP contribution in [0.1, 0.15) is 5.69 Å². The first-order chi connectivity index (χ1) is 10.4. The largest absolute Gasteiger partial charge is 0.573 e. The number of hydrogen-bond donors (Lipinski definition) is 0. The van der Waals surface area contributed by atoms with Gasteiger partial charge in [0.2, 0.25) is 0 Å². The molecule has 0 aliphatic heterocycles. The van der Waals surface area contributed by atoms with Gasteiger partial charge in [0.15, 0.2) is 0 Å². The second-order valence-corrected chi connectivity index (χ2v) is 4.26. The summed E-state index contributed by atoms with van der Waals surface area (Å²) in [5.74, 6) is 0.0467. The summed E-state index contributed by atoms with van der Waals surface area (Å²) in [4.78, 5) is 4.26. The Morgan fingerprint density at radius 2 is 2.00 bits per heavy atom. The van der Waals surface area contributed by atoms with E-state index in [9.17, 15) is 13.2 Å². The summed E-state index contributed by atoms with van der Waals surface area (Å²) in [5.41, 5.74) is 1.25. The molecule has 0 radical (unpaired) electrons. The fourth-order valence-electron chi connectivity index (χ4n) is 1.88. The van der Waals surface area contributed by atoms with Gasteiger partial charge in [-0.2, -0.15) is 5.26 Å². The molecule has 114 valence electrons. The fraction of sp³-hybridized carbons (Fsp3) is 0.200. The maximum atomic E-state index is 12.3. The number of halogens is 3. The quantitative estimate of drug-likeness (QED) is 0.863. The van der Waals surface area contributed by atoms with E-state index in [2.05, 4.69) is 9.72 Å². The molecule has 1 aromatic carbocycles. The predicted molar refractivity (Wildman–Crippen MR) is 72.2 cm³/mol. The molecule has 4 nitrogen and oxygen atoms in total. The zero-order valence-corrected chi connectivity index (χ0v) is 11.5. The summed E-state index contributed by atoms with van der Waals surface area (Å²) in [6.07, 6.45) is -4.67. The van der Waals surface area contributed by atoms with E-state index in [1.54, 1.807) is 18.2 Å². The first kappa shape index (κ1) is 15.6. The Hall–Kier alpha value is -2.75. The van der Waals surface area contributed by atoms with Crippen molar-refractivity contribution in [1.29, 1.82) is 5.26 Å². The third-order valence-electron chi connectivity index (χ3n) is 2.74. The van der Waals surface area contributed by atoms with Crippen LogP contribution in [-0.2, 0) is 6.42 Å². The maximum Gasteiger partial charge on any atom is 0.573 e. The molecule has 2 rings (SSSR count). The van der Waals surface area contributed by atoms with Crippen molar-refractivity contribution in [3.05, 3.63) is 42.1 Å². The molecule has 1 aromatic heterocycles. The molecule has 22 heavy (non-hydrogen) atoms. The SMILES string of the molecule is COc1ccc(CC#N)nc1-c1cccc(OC(F)(F)F)c1. The smallest absolute Gasteiger partial charge is 0.494 e. The molecule has 7 heteroatoms. The number of nitriles is 1. The van der Waals surface area contributed by atoms with Gasteiger partial charge in [-0.25, -0.2) is 4.98 Å². The Balaban J connectivity index is 2.44. The van der Waals surface area contributed by atoms with Crippen LogP contribution in [-0.4, -0.2) is 18.5 Å². The highest BCUT2D eigenvalue weighted by molar-refractivity contribution is 5.67. The summed E-state index contributed by atoms with van der Waals surface area (Å²) < 4.78 is 45.9. The van der Waals surface area contributed by atoms with Crippen LogP contribution in [0.5, 0.6) is 11.5 Å². The number of aromatic nitrogens is 1. The number of pyridine rings is 1. The van der Waals surface area contributed by atoms with Crippen molar-refractivity contribution in [2.75, 3.05) is 7.11 Å². The molecule has 2 aromatic rings. The van der Waals surface area contributed by atoms with Crippen molar-refractivity contribution < 1.29 is 22.6 Å². The van der Waals surface area contributed by atoms with Crippen molar-refractivity contribution >= 4 is 0 Å². The molecule has 0 unspecified atom stereocenters. The summed E-state index contributed by atoms with van der Waals surface area (Å²) >= 11 is 0. The van der Waals surface area contributed by atoms with Crippen LogP contribution in [0.3, 0.4) is 0 Å². The van der Waals surface area contributed by atoms with E-state index in [-0.39, 0.29) is 12.2 Å². The minimum atomic E-state index is -4.77. The third kappa shape index (κ3) is 3.88. The standard InChI is InChI=1S/C15H11F3N2O2/c1-21-13-6-5-11(7-8-19)20-14(13)10-3-2-4-12(9-10)22-15(16,17)18/h2-6,9H,7H2,1H3. The van der Waals surface area contributed by atoms with Crippen LogP contribution < -0.4 is 9.47 Å². The second-order valence-electron chi connectivity index (χ2n) is 4.26. The Morgan fingerprint density at radius 1 is 1.23 bits per heavy atom. The van der Waals surface area contributed by atoms with Crippen LogP contribution in [0, 0.1) is 11.3 Å². The van der Waals surface area contributed by atoms with Crippen LogP contribution in [0.2, 0.25) is 0 Å². The van der Waals surface area contributed by atoms with Crippen molar-refractivity contribution in [3.8, 4) is 28.8 Å². The molecule has 0 spiro atoms. The van der Waals surface area contributed by atoms with Gasteiger partial charge in [0.05, 0.1) is 25.3 Å². The highest BCUT2D eigenvalue weighted by atomic mass is 19.4. The molecule has 1 heterocycles. The van der Waals surface area contributed by atoms with Gasteiger partial charge in [0, 0.05) is 5.56 Å². The molecule has 0 saturated carbocycles. The van der Waals surface area contributed by atoms with Gasteiger partial charge < -0.3 is 9.47 Å². The van der Waals surface area contributed by atoms with E-state index in [0.717, 1.165) is 0 Å². The lowest BCUT2D eigenvalue weighted by Gasteiger charge is -2.12. The van der Waals surface area contributed by atoms with Gasteiger partial charge in [0.1, 0.15) is 17.2 Å². The molecule has 0 fully saturated rings. The van der Waals surface area contributed by atoms with Gasteiger partial charge in [0.25, 0.3) is 0 Å². The van der Waals surface area contributed by atoms with E-state index >= 15 is 0 Å². The lowest BCUT2D eigenvalue weighted by atomic mass is 10.1. The minimum Gasteiger partial charge on any atom is -0.494 e. The Bertz CT molecular complexity index is 709. The van der Waals surface area contributed by atoms with Gasteiger partial charge in [-0.3, -0.25) is 0 Å². The van der Waals surface area contributed by atoms with Crippen molar-refractivity contribution in [1.82, 2.24) is 4.98 Å². The average Bonchev–Trinajstić information content (AvgIpc) is 2.46. The zero-order chi connectivity index (χ0) is 16.2. The normalized spacial score (nSPS) is 10.9. The van der Waals surface area contributed by atoms with Gasteiger partial charge in [-0.05, 0) is 24.3 Å². The summed E-state index contributed by atoms with van der Waals surface area (Å²) in [6.45, 7) is 0. The van der Waals surface area contributed by atoms with Gasteiger partial charge >= 0.3 is 6.36 Å². The number of benzene rings is 1. The first-order valence-electron chi connectivity index (χ1n) is 6.20. The number of rotatable bonds is 4. The summed E-state index contributed by atoms with van der Waals surface area (Å²) in [7, 11) is 1.43. The van der Waals surface area contributed by atoms with Crippen molar-refractivity contribution in [2.24, 2.45) is 0 Å². The molecule has 0 N–H and O–H groups in total. The minimum absolute atomic E-state index is 0.0930. The van der Waals surface area contributed by atoms with E-state index in [1.807, 2.05) is 6.07 Å². The van der Waals surface area contributed by atoms with Crippen molar-refractivity contribution in [2.45, 2.75) is 12.8 Å². The fourth-order valence-corrected chi connectivity index (χ4v) is 1.88. The monoisotopic (exact) mass is 308 g/mol. The zero-order valence-electron chi connectivity index (χ0n) is 11.5. The number of methoxy groups -OCH3 is 1.